The maximum Gasteiger partial charge on any atom is 0.303 e. The van der Waals surface area contributed by atoms with Gasteiger partial charge in [0, 0.05) is 6.42 Å². The van der Waals surface area contributed by atoms with Gasteiger partial charge in [0.1, 0.15) is 0 Å². The summed E-state index contributed by atoms with van der Waals surface area (Å²) < 4.78 is 0. The standard InChI is InChI=1S/C22H44O6/c1-18(14-15-20(23)24)17-19(26-28-22(5,6)7)13-11-9-8-10-12-16-25-27-21(2,3)4/h18-19H,8-17H2,1-7H3,(H,23,24). The summed E-state index contributed by atoms with van der Waals surface area (Å²) in [4.78, 5) is 32.4. The Morgan fingerprint density at radius 2 is 1.43 bits per heavy atom. The van der Waals surface area contributed by atoms with Crippen LogP contribution in [0.15, 0.2) is 0 Å². The third-order valence-corrected chi connectivity index (χ3v) is 4.01. The van der Waals surface area contributed by atoms with Gasteiger partial charge < -0.3 is 5.11 Å². The van der Waals surface area contributed by atoms with Crippen LogP contribution in [0.3, 0.4) is 0 Å². The molecule has 0 radical (unpaired) electrons. The lowest BCUT2D eigenvalue weighted by Gasteiger charge is -2.25. The zero-order valence-corrected chi connectivity index (χ0v) is 19.2. The third kappa shape index (κ3) is 20.1. The lowest BCUT2D eigenvalue weighted by Crippen LogP contribution is -2.25. The van der Waals surface area contributed by atoms with Gasteiger partial charge in [-0.2, -0.15) is 0 Å². The number of hydrogen-bond donors (Lipinski definition) is 1. The highest BCUT2D eigenvalue weighted by Gasteiger charge is 2.20. The molecule has 0 aliphatic heterocycles. The minimum absolute atomic E-state index is 0.00605. The SMILES string of the molecule is CC(CCC(=O)O)CC(CCCCCCCOOC(C)(C)C)OOC(C)(C)C. The largest absolute Gasteiger partial charge is 0.481 e. The summed E-state index contributed by atoms with van der Waals surface area (Å²) in [7, 11) is 0. The molecule has 1 N–H and O–H groups in total. The molecule has 2 atom stereocenters. The first-order chi connectivity index (χ1) is 12.9. The first-order valence-corrected chi connectivity index (χ1v) is 10.8. The van der Waals surface area contributed by atoms with Crippen molar-refractivity contribution in [2.45, 2.75) is 124 Å². The molecule has 0 rings (SSSR count). The highest BCUT2D eigenvalue weighted by Crippen LogP contribution is 2.22. The van der Waals surface area contributed by atoms with Gasteiger partial charge >= 0.3 is 5.97 Å². The second-order valence-electron chi connectivity index (χ2n) is 9.76. The highest BCUT2D eigenvalue weighted by atomic mass is 17.2. The Bertz CT molecular complexity index is 397. The summed E-state index contributed by atoms with van der Waals surface area (Å²) in [5, 5.41) is 8.85. The molecular weight excluding hydrogens is 360 g/mol. The van der Waals surface area contributed by atoms with Crippen molar-refractivity contribution in [1.82, 2.24) is 0 Å². The summed E-state index contributed by atoms with van der Waals surface area (Å²) in [6.07, 6.45) is 8.10. The van der Waals surface area contributed by atoms with E-state index in [-0.39, 0.29) is 23.7 Å². The molecular formula is C22H44O6. The van der Waals surface area contributed by atoms with Crippen molar-refractivity contribution in [3.8, 4) is 0 Å². The van der Waals surface area contributed by atoms with Crippen LogP contribution < -0.4 is 0 Å². The first-order valence-electron chi connectivity index (χ1n) is 10.8. The fourth-order valence-electron chi connectivity index (χ4n) is 2.64. The van der Waals surface area contributed by atoms with Crippen molar-refractivity contribution in [3.05, 3.63) is 0 Å². The fraction of sp³-hybridized carbons (Fsp3) is 0.955. The van der Waals surface area contributed by atoms with Crippen molar-refractivity contribution in [3.63, 3.8) is 0 Å². The second-order valence-corrected chi connectivity index (χ2v) is 9.76. The smallest absolute Gasteiger partial charge is 0.303 e. The van der Waals surface area contributed by atoms with Crippen LogP contribution in [-0.2, 0) is 24.3 Å². The van der Waals surface area contributed by atoms with Crippen LogP contribution in [0.4, 0.5) is 0 Å². The zero-order chi connectivity index (χ0) is 21.6. The summed E-state index contributed by atoms with van der Waals surface area (Å²) >= 11 is 0. The lowest BCUT2D eigenvalue weighted by molar-refractivity contribution is -0.375. The lowest BCUT2D eigenvalue weighted by atomic mass is 9.95. The molecule has 0 spiro atoms. The molecule has 0 aromatic heterocycles. The van der Waals surface area contributed by atoms with Crippen LogP contribution in [-0.4, -0.2) is 35.0 Å². The van der Waals surface area contributed by atoms with Crippen LogP contribution in [0.25, 0.3) is 0 Å². The molecule has 0 amide bonds. The molecule has 0 saturated carbocycles. The van der Waals surface area contributed by atoms with Gasteiger partial charge in [-0.3, -0.25) is 4.79 Å². The molecule has 0 heterocycles. The van der Waals surface area contributed by atoms with Crippen LogP contribution in [0.2, 0.25) is 0 Å². The number of carboxylic acids is 1. The van der Waals surface area contributed by atoms with E-state index in [1.165, 1.54) is 0 Å². The quantitative estimate of drug-likeness (QED) is 0.191. The molecule has 0 aromatic carbocycles. The zero-order valence-electron chi connectivity index (χ0n) is 19.2. The van der Waals surface area contributed by atoms with Crippen molar-refractivity contribution < 1.29 is 29.5 Å². The minimum Gasteiger partial charge on any atom is -0.481 e. The first kappa shape index (κ1) is 27.3. The van der Waals surface area contributed by atoms with Crippen LogP contribution in [0.5, 0.6) is 0 Å². The summed E-state index contributed by atoms with van der Waals surface area (Å²) in [6.45, 7) is 14.5. The summed E-state index contributed by atoms with van der Waals surface area (Å²) in [5.74, 6) is -0.447. The van der Waals surface area contributed by atoms with Gasteiger partial charge in [0.25, 0.3) is 0 Å². The molecule has 28 heavy (non-hydrogen) atoms. The molecule has 0 fully saturated rings. The van der Waals surface area contributed by atoms with E-state index in [1.807, 2.05) is 41.5 Å². The molecule has 168 valence electrons. The van der Waals surface area contributed by atoms with Gasteiger partial charge in [-0.05, 0) is 73.1 Å². The number of aliphatic carboxylic acids is 1. The van der Waals surface area contributed by atoms with Crippen LogP contribution in [0, 0.1) is 5.92 Å². The minimum atomic E-state index is -0.743. The molecule has 0 aromatic rings. The number of rotatable bonds is 16. The van der Waals surface area contributed by atoms with Crippen molar-refractivity contribution in [1.29, 1.82) is 0 Å². The maximum absolute atomic E-state index is 10.8. The molecule has 6 nitrogen and oxygen atoms in total. The Morgan fingerprint density at radius 1 is 0.857 bits per heavy atom. The average Bonchev–Trinajstić information content (AvgIpc) is 2.54. The highest BCUT2D eigenvalue weighted by molar-refractivity contribution is 5.66. The van der Waals surface area contributed by atoms with Crippen molar-refractivity contribution in [2.75, 3.05) is 6.61 Å². The van der Waals surface area contributed by atoms with E-state index in [0.717, 1.165) is 44.9 Å². The van der Waals surface area contributed by atoms with Gasteiger partial charge in [0.15, 0.2) is 0 Å². The van der Waals surface area contributed by atoms with Crippen molar-refractivity contribution >= 4 is 5.97 Å². The van der Waals surface area contributed by atoms with Gasteiger partial charge in [-0.25, -0.2) is 19.6 Å². The molecule has 0 saturated heterocycles. The van der Waals surface area contributed by atoms with E-state index >= 15 is 0 Å². The fourth-order valence-corrected chi connectivity index (χ4v) is 2.64. The predicted molar refractivity (Wildman–Crippen MR) is 111 cm³/mol. The van der Waals surface area contributed by atoms with E-state index in [0.29, 0.717) is 18.9 Å². The second kappa shape index (κ2) is 14.3. The van der Waals surface area contributed by atoms with E-state index in [4.69, 9.17) is 24.7 Å². The maximum atomic E-state index is 10.8. The Morgan fingerprint density at radius 3 is 2.00 bits per heavy atom. The van der Waals surface area contributed by atoms with E-state index in [1.54, 1.807) is 0 Å². The van der Waals surface area contributed by atoms with Crippen molar-refractivity contribution in [2.24, 2.45) is 5.92 Å². The Labute approximate surface area is 172 Å². The van der Waals surface area contributed by atoms with Gasteiger partial charge in [0.05, 0.1) is 23.9 Å². The molecule has 2 unspecified atom stereocenters. The number of carbonyl (C=O) groups is 1. The van der Waals surface area contributed by atoms with Gasteiger partial charge in [0.2, 0.25) is 0 Å². The van der Waals surface area contributed by atoms with E-state index < -0.39 is 5.97 Å². The normalized spacial score (nSPS) is 14.8. The van der Waals surface area contributed by atoms with E-state index in [2.05, 4.69) is 6.92 Å². The Hall–Kier alpha value is -0.690. The van der Waals surface area contributed by atoms with Gasteiger partial charge in [-0.15, -0.1) is 0 Å². The number of hydrogen-bond acceptors (Lipinski definition) is 5. The molecule has 0 bridgehead atoms. The summed E-state index contributed by atoms with van der Waals surface area (Å²) in [5.41, 5.74) is -0.608. The third-order valence-electron chi connectivity index (χ3n) is 4.01. The number of unbranched alkanes of at least 4 members (excludes halogenated alkanes) is 4. The molecule has 6 heteroatoms. The van der Waals surface area contributed by atoms with Crippen LogP contribution in [0.1, 0.15) is 106 Å². The number of carboxylic acid groups (broad SMARTS) is 1. The molecule has 0 aliphatic carbocycles. The van der Waals surface area contributed by atoms with Gasteiger partial charge in [-0.1, -0.05) is 32.6 Å². The monoisotopic (exact) mass is 404 g/mol. The average molecular weight is 405 g/mol. The molecule has 0 aliphatic rings. The topological polar surface area (TPSA) is 74.2 Å². The predicted octanol–water partition coefficient (Wildman–Crippen LogP) is 6.08. The summed E-state index contributed by atoms with van der Waals surface area (Å²) in [6, 6.07) is 0. The Balaban J connectivity index is 4.01. The Kier molecular flexibility index (Phi) is 14.0. The van der Waals surface area contributed by atoms with Crippen LogP contribution >= 0.6 is 0 Å². The van der Waals surface area contributed by atoms with E-state index in [9.17, 15) is 4.79 Å².